The molecule has 1 atom stereocenters. The number of benzene rings is 1. The van der Waals surface area contributed by atoms with Crippen LogP contribution in [0.1, 0.15) is 25.8 Å². The van der Waals surface area contributed by atoms with E-state index in [2.05, 4.69) is 4.72 Å². The minimum Gasteiger partial charge on any atom is -0.208 e. The zero-order chi connectivity index (χ0) is 14.0. The van der Waals surface area contributed by atoms with Crippen LogP contribution in [0.5, 0.6) is 0 Å². The Bertz CT molecular complexity index is 511. The summed E-state index contributed by atoms with van der Waals surface area (Å²) < 4.78 is 63.3. The van der Waals surface area contributed by atoms with Gasteiger partial charge in [0.1, 0.15) is 0 Å². The highest BCUT2D eigenvalue weighted by Crippen LogP contribution is 2.30. The van der Waals surface area contributed by atoms with Crippen LogP contribution in [0.2, 0.25) is 0 Å². The maximum atomic E-state index is 12.5. The van der Waals surface area contributed by atoms with Crippen molar-refractivity contribution in [2.24, 2.45) is 0 Å². The molecule has 0 saturated carbocycles. The third-order valence-corrected chi connectivity index (χ3v) is 4.03. The van der Waals surface area contributed by atoms with E-state index in [9.17, 15) is 21.6 Å². The Labute approximate surface area is 104 Å². The third-order valence-electron chi connectivity index (χ3n) is 2.44. The molecule has 0 aromatic heterocycles. The van der Waals surface area contributed by atoms with Gasteiger partial charge in [-0.1, -0.05) is 13.0 Å². The topological polar surface area (TPSA) is 46.2 Å². The summed E-state index contributed by atoms with van der Waals surface area (Å²) in [7, 11) is -3.90. The van der Waals surface area contributed by atoms with Crippen molar-refractivity contribution in [3.05, 3.63) is 29.8 Å². The van der Waals surface area contributed by atoms with Crippen LogP contribution >= 0.6 is 0 Å². The summed E-state index contributed by atoms with van der Waals surface area (Å²) in [4.78, 5) is -0.377. The lowest BCUT2D eigenvalue weighted by molar-refractivity contribution is -0.137. The largest absolute Gasteiger partial charge is 0.416 e. The summed E-state index contributed by atoms with van der Waals surface area (Å²) in [5.41, 5.74) is -0.977. The third kappa shape index (κ3) is 3.71. The van der Waals surface area contributed by atoms with Gasteiger partial charge >= 0.3 is 6.18 Å². The summed E-state index contributed by atoms with van der Waals surface area (Å²) in [5.74, 6) is 0. The number of nitrogens with one attached hydrogen (secondary N) is 1. The first-order chi connectivity index (χ1) is 8.16. The summed E-state index contributed by atoms with van der Waals surface area (Å²) in [6.45, 7) is 3.42. The number of alkyl halides is 3. The summed E-state index contributed by atoms with van der Waals surface area (Å²) in [6, 6.07) is 3.35. The molecular weight excluding hydrogens is 267 g/mol. The summed E-state index contributed by atoms with van der Waals surface area (Å²) >= 11 is 0. The highest BCUT2D eigenvalue weighted by Gasteiger charge is 2.31. The predicted molar refractivity (Wildman–Crippen MR) is 61.5 cm³/mol. The van der Waals surface area contributed by atoms with E-state index >= 15 is 0 Å². The van der Waals surface area contributed by atoms with E-state index in [0.717, 1.165) is 18.2 Å². The van der Waals surface area contributed by atoms with E-state index in [-0.39, 0.29) is 10.9 Å². The quantitative estimate of drug-likeness (QED) is 0.922. The molecule has 0 aliphatic rings. The van der Waals surface area contributed by atoms with Crippen LogP contribution in [0.4, 0.5) is 13.2 Å². The molecule has 1 aromatic rings. The molecule has 0 spiro atoms. The van der Waals surface area contributed by atoms with Gasteiger partial charge in [0.2, 0.25) is 10.0 Å². The highest BCUT2D eigenvalue weighted by atomic mass is 32.2. The van der Waals surface area contributed by atoms with Crippen LogP contribution in [-0.2, 0) is 16.2 Å². The molecule has 0 bridgehead atoms. The zero-order valence-electron chi connectivity index (χ0n) is 9.95. The van der Waals surface area contributed by atoms with Crippen molar-refractivity contribution in [1.29, 1.82) is 0 Å². The highest BCUT2D eigenvalue weighted by molar-refractivity contribution is 7.89. The minimum absolute atomic E-state index is 0.329. The first-order valence-corrected chi connectivity index (χ1v) is 6.84. The van der Waals surface area contributed by atoms with E-state index in [1.807, 2.05) is 0 Å². The van der Waals surface area contributed by atoms with E-state index in [4.69, 9.17) is 0 Å². The van der Waals surface area contributed by atoms with Crippen molar-refractivity contribution in [2.45, 2.75) is 37.4 Å². The van der Waals surface area contributed by atoms with Gasteiger partial charge in [-0.3, -0.25) is 0 Å². The fourth-order valence-electron chi connectivity index (χ4n) is 1.26. The van der Waals surface area contributed by atoms with Gasteiger partial charge in [0, 0.05) is 6.04 Å². The maximum Gasteiger partial charge on any atom is 0.416 e. The SMILES string of the molecule is CCC(C)NS(=O)(=O)c1cccc(C(F)(F)F)c1. The van der Waals surface area contributed by atoms with Gasteiger partial charge in [-0.2, -0.15) is 13.2 Å². The van der Waals surface area contributed by atoms with Crippen molar-refractivity contribution < 1.29 is 21.6 Å². The molecule has 3 nitrogen and oxygen atoms in total. The van der Waals surface area contributed by atoms with Crippen LogP contribution in [0.15, 0.2) is 29.2 Å². The van der Waals surface area contributed by atoms with Crippen LogP contribution in [0.3, 0.4) is 0 Å². The number of hydrogen-bond acceptors (Lipinski definition) is 2. The molecule has 0 aliphatic carbocycles. The molecule has 1 N–H and O–H groups in total. The van der Waals surface area contributed by atoms with Crippen molar-refractivity contribution >= 4 is 10.0 Å². The Hall–Kier alpha value is -1.08. The monoisotopic (exact) mass is 281 g/mol. The van der Waals surface area contributed by atoms with Crippen molar-refractivity contribution in [3.8, 4) is 0 Å². The number of hydrogen-bond donors (Lipinski definition) is 1. The Kier molecular flexibility index (Phi) is 4.39. The molecule has 0 aliphatic heterocycles. The molecule has 0 fully saturated rings. The fourth-order valence-corrected chi connectivity index (χ4v) is 2.63. The van der Waals surface area contributed by atoms with Gasteiger partial charge in [-0.15, -0.1) is 0 Å². The second-order valence-electron chi connectivity index (χ2n) is 3.96. The van der Waals surface area contributed by atoms with Crippen LogP contribution in [-0.4, -0.2) is 14.5 Å². The van der Waals surface area contributed by atoms with Gasteiger partial charge in [-0.25, -0.2) is 13.1 Å². The molecule has 18 heavy (non-hydrogen) atoms. The molecule has 0 amide bonds. The molecule has 7 heteroatoms. The molecule has 102 valence electrons. The zero-order valence-corrected chi connectivity index (χ0v) is 10.8. The Morgan fingerprint density at radius 3 is 2.44 bits per heavy atom. The number of sulfonamides is 1. The molecule has 1 rings (SSSR count). The van der Waals surface area contributed by atoms with Gasteiger partial charge in [0.05, 0.1) is 10.5 Å². The van der Waals surface area contributed by atoms with Crippen molar-refractivity contribution in [3.63, 3.8) is 0 Å². The Balaban J connectivity index is 3.11. The molecule has 0 saturated heterocycles. The first kappa shape index (κ1) is 15.0. The second-order valence-corrected chi connectivity index (χ2v) is 5.67. The lowest BCUT2D eigenvalue weighted by Crippen LogP contribution is -2.32. The lowest BCUT2D eigenvalue weighted by Gasteiger charge is -2.13. The molecule has 0 heterocycles. The molecule has 1 aromatic carbocycles. The maximum absolute atomic E-state index is 12.5. The van der Waals surface area contributed by atoms with E-state index in [1.54, 1.807) is 13.8 Å². The smallest absolute Gasteiger partial charge is 0.208 e. The molecule has 1 unspecified atom stereocenters. The average Bonchev–Trinajstić information content (AvgIpc) is 2.27. The Morgan fingerprint density at radius 1 is 1.33 bits per heavy atom. The van der Waals surface area contributed by atoms with Crippen LogP contribution in [0, 0.1) is 0 Å². The van der Waals surface area contributed by atoms with Gasteiger partial charge in [-0.05, 0) is 31.5 Å². The van der Waals surface area contributed by atoms with Crippen LogP contribution in [0.25, 0.3) is 0 Å². The molecular formula is C11H14F3NO2S. The predicted octanol–water partition coefficient (Wildman–Crippen LogP) is 2.78. The normalized spacial score (nSPS) is 14.5. The minimum atomic E-state index is -4.55. The standard InChI is InChI=1S/C11H14F3NO2S/c1-3-8(2)15-18(16,17)10-6-4-5-9(7-10)11(12,13)14/h4-8,15H,3H2,1-2H3. The summed E-state index contributed by atoms with van der Waals surface area (Å²) in [6.07, 6.45) is -4.00. The lowest BCUT2D eigenvalue weighted by atomic mass is 10.2. The average molecular weight is 281 g/mol. The van der Waals surface area contributed by atoms with E-state index < -0.39 is 21.8 Å². The molecule has 0 radical (unpaired) electrons. The second kappa shape index (κ2) is 5.27. The van der Waals surface area contributed by atoms with Crippen molar-refractivity contribution in [2.75, 3.05) is 0 Å². The van der Waals surface area contributed by atoms with Crippen LogP contribution < -0.4 is 4.72 Å². The first-order valence-electron chi connectivity index (χ1n) is 5.36. The Morgan fingerprint density at radius 2 is 1.94 bits per heavy atom. The number of rotatable bonds is 4. The van der Waals surface area contributed by atoms with Gasteiger partial charge < -0.3 is 0 Å². The van der Waals surface area contributed by atoms with Gasteiger partial charge in [0.15, 0.2) is 0 Å². The van der Waals surface area contributed by atoms with Crippen molar-refractivity contribution in [1.82, 2.24) is 4.72 Å². The van der Waals surface area contributed by atoms with E-state index in [0.29, 0.717) is 12.5 Å². The summed E-state index contributed by atoms with van der Waals surface area (Å²) in [5, 5.41) is 0. The van der Waals surface area contributed by atoms with Gasteiger partial charge in [0.25, 0.3) is 0 Å². The van der Waals surface area contributed by atoms with E-state index in [1.165, 1.54) is 0 Å². The number of halogens is 3. The fraction of sp³-hybridized carbons (Fsp3) is 0.455.